The SMILES string of the molecule is Cc1nccn1CC(=O)N[C@H]1C[C@@H](C2(C)c3cc(F)cc(F)c3NC2c2ccc(F)cc2)C1. The molecule has 0 radical (unpaired) electrons. The molecule has 172 valence electrons. The number of aromatic nitrogens is 2. The van der Waals surface area contributed by atoms with E-state index >= 15 is 0 Å². The summed E-state index contributed by atoms with van der Waals surface area (Å²) in [5.41, 5.74) is 1.05. The zero-order valence-electron chi connectivity index (χ0n) is 18.4. The topological polar surface area (TPSA) is 59.0 Å². The molecule has 1 saturated carbocycles. The van der Waals surface area contributed by atoms with E-state index < -0.39 is 17.0 Å². The Balaban J connectivity index is 1.37. The number of hydrogen-bond acceptors (Lipinski definition) is 3. The maximum atomic E-state index is 14.7. The van der Waals surface area contributed by atoms with Gasteiger partial charge < -0.3 is 15.2 Å². The number of nitrogens with zero attached hydrogens (tertiary/aromatic N) is 2. The van der Waals surface area contributed by atoms with Crippen LogP contribution in [0.2, 0.25) is 0 Å². The molecule has 1 aromatic heterocycles. The summed E-state index contributed by atoms with van der Waals surface area (Å²) in [6, 6.07) is 8.01. The second-order valence-corrected chi connectivity index (χ2v) is 9.26. The lowest BCUT2D eigenvalue weighted by Crippen LogP contribution is -2.52. The first kappa shape index (κ1) is 21.6. The molecule has 2 unspecified atom stereocenters. The normalized spacial score (nSPS) is 25.8. The highest BCUT2D eigenvalue weighted by molar-refractivity contribution is 5.76. The third-order valence-corrected chi connectivity index (χ3v) is 7.32. The summed E-state index contributed by atoms with van der Waals surface area (Å²) in [5, 5.41) is 6.29. The first-order valence-electron chi connectivity index (χ1n) is 11.0. The number of rotatable bonds is 5. The van der Waals surface area contributed by atoms with Crippen LogP contribution < -0.4 is 10.6 Å². The molecule has 2 heterocycles. The average molecular weight is 454 g/mol. The number of imidazole rings is 1. The van der Waals surface area contributed by atoms with Gasteiger partial charge >= 0.3 is 0 Å². The van der Waals surface area contributed by atoms with Gasteiger partial charge in [-0.25, -0.2) is 18.2 Å². The van der Waals surface area contributed by atoms with E-state index in [1.807, 2.05) is 13.8 Å². The van der Waals surface area contributed by atoms with Crippen molar-refractivity contribution < 1.29 is 18.0 Å². The van der Waals surface area contributed by atoms with Crippen LogP contribution >= 0.6 is 0 Å². The largest absolute Gasteiger partial charge is 0.375 e. The van der Waals surface area contributed by atoms with E-state index in [1.165, 1.54) is 18.2 Å². The molecule has 2 N–H and O–H groups in total. The van der Waals surface area contributed by atoms with Crippen molar-refractivity contribution in [2.75, 3.05) is 5.32 Å². The molecule has 5 rings (SSSR count). The zero-order chi connectivity index (χ0) is 23.3. The molecule has 0 bridgehead atoms. The summed E-state index contributed by atoms with van der Waals surface area (Å²) in [7, 11) is 0. The third-order valence-electron chi connectivity index (χ3n) is 7.32. The number of halogens is 3. The standard InChI is InChI=1S/C25H25F3N4O/c1-14-29-7-8-32(14)13-22(33)30-19-9-16(10-19)25(2)20-11-18(27)12-21(28)23(20)31-24(25)15-3-5-17(26)6-4-15/h3-8,11-12,16,19,24,31H,9-10,13H2,1-2H3,(H,30,33)/t16-,19+,24?,25?. The molecule has 3 aromatic rings. The molecule has 2 atom stereocenters. The Morgan fingerprint density at radius 2 is 1.91 bits per heavy atom. The van der Waals surface area contributed by atoms with Crippen molar-refractivity contribution in [1.82, 2.24) is 14.9 Å². The smallest absolute Gasteiger partial charge is 0.240 e. The molecule has 33 heavy (non-hydrogen) atoms. The highest BCUT2D eigenvalue weighted by Crippen LogP contribution is 2.58. The van der Waals surface area contributed by atoms with Gasteiger partial charge in [-0.2, -0.15) is 0 Å². The van der Waals surface area contributed by atoms with Crippen LogP contribution in [0.5, 0.6) is 0 Å². The van der Waals surface area contributed by atoms with E-state index in [-0.39, 0.29) is 42.0 Å². The van der Waals surface area contributed by atoms with E-state index in [9.17, 15) is 18.0 Å². The Hall–Kier alpha value is -3.29. The highest BCUT2D eigenvalue weighted by atomic mass is 19.1. The molecule has 0 spiro atoms. The number of fused-ring (bicyclic) bond motifs is 1. The van der Waals surface area contributed by atoms with Crippen LogP contribution in [-0.2, 0) is 16.8 Å². The Labute approximate surface area is 190 Å². The predicted molar refractivity (Wildman–Crippen MR) is 118 cm³/mol. The summed E-state index contributed by atoms with van der Waals surface area (Å²) < 4.78 is 44.2. The summed E-state index contributed by atoms with van der Waals surface area (Å²) in [5.74, 6) is -0.874. The molecule has 0 saturated heterocycles. The molecule has 1 aliphatic heterocycles. The number of nitrogens with one attached hydrogen (secondary N) is 2. The number of carbonyl (C=O) groups excluding carboxylic acids is 1. The number of anilines is 1. The molecule has 1 amide bonds. The first-order valence-corrected chi connectivity index (χ1v) is 11.0. The average Bonchev–Trinajstić information content (AvgIpc) is 3.27. The van der Waals surface area contributed by atoms with Crippen LogP contribution in [-0.4, -0.2) is 21.5 Å². The maximum Gasteiger partial charge on any atom is 0.240 e. The second-order valence-electron chi connectivity index (χ2n) is 9.26. The van der Waals surface area contributed by atoms with Gasteiger partial charge in [-0.05, 0) is 55.0 Å². The molecular formula is C25H25F3N4O. The van der Waals surface area contributed by atoms with E-state index in [0.717, 1.165) is 17.5 Å². The minimum atomic E-state index is -0.638. The Bertz CT molecular complexity index is 1200. The summed E-state index contributed by atoms with van der Waals surface area (Å²) >= 11 is 0. The van der Waals surface area contributed by atoms with Gasteiger partial charge in [0.1, 0.15) is 29.8 Å². The van der Waals surface area contributed by atoms with E-state index in [1.54, 1.807) is 29.1 Å². The van der Waals surface area contributed by atoms with Crippen LogP contribution in [0.3, 0.4) is 0 Å². The number of hydrogen-bond donors (Lipinski definition) is 2. The van der Waals surface area contributed by atoms with Gasteiger partial charge in [0.25, 0.3) is 0 Å². The van der Waals surface area contributed by atoms with Crippen LogP contribution in [0, 0.1) is 30.3 Å². The van der Waals surface area contributed by atoms with Crippen LogP contribution in [0.25, 0.3) is 0 Å². The molecule has 1 fully saturated rings. The fourth-order valence-corrected chi connectivity index (χ4v) is 5.36. The summed E-state index contributed by atoms with van der Waals surface area (Å²) in [6.07, 6.45) is 4.78. The molecule has 2 aliphatic rings. The van der Waals surface area contributed by atoms with Gasteiger partial charge in [0.15, 0.2) is 0 Å². The minimum Gasteiger partial charge on any atom is -0.375 e. The quantitative estimate of drug-likeness (QED) is 0.591. The maximum absolute atomic E-state index is 14.7. The van der Waals surface area contributed by atoms with Crippen LogP contribution in [0.15, 0.2) is 48.8 Å². The lowest BCUT2D eigenvalue weighted by atomic mass is 9.58. The predicted octanol–water partition coefficient (Wildman–Crippen LogP) is 4.63. The number of benzene rings is 2. The first-order chi connectivity index (χ1) is 15.8. The van der Waals surface area contributed by atoms with Gasteiger partial charge in [-0.15, -0.1) is 0 Å². The van der Waals surface area contributed by atoms with E-state index in [2.05, 4.69) is 15.6 Å². The molecule has 5 nitrogen and oxygen atoms in total. The van der Waals surface area contributed by atoms with Crippen LogP contribution in [0.1, 0.15) is 42.8 Å². The number of carbonyl (C=O) groups is 1. The second kappa shape index (κ2) is 7.93. The Morgan fingerprint density at radius 3 is 2.58 bits per heavy atom. The molecule has 8 heteroatoms. The minimum absolute atomic E-state index is 0.0144. The molecular weight excluding hydrogens is 429 g/mol. The Kier molecular flexibility index (Phi) is 5.18. The van der Waals surface area contributed by atoms with Crippen molar-refractivity contribution in [3.05, 3.63) is 83.2 Å². The monoisotopic (exact) mass is 454 g/mol. The van der Waals surface area contributed by atoms with Crippen molar-refractivity contribution in [1.29, 1.82) is 0 Å². The fraction of sp³-hybridized carbons (Fsp3) is 0.360. The fourth-order valence-electron chi connectivity index (χ4n) is 5.36. The third kappa shape index (κ3) is 3.67. The molecule has 1 aliphatic carbocycles. The van der Waals surface area contributed by atoms with E-state index in [4.69, 9.17) is 0 Å². The van der Waals surface area contributed by atoms with Crippen molar-refractivity contribution >= 4 is 11.6 Å². The lowest BCUT2D eigenvalue weighted by molar-refractivity contribution is -0.123. The van der Waals surface area contributed by atoms with Gasteiger partial charge in [0, 0.05) is 29.9 Å². The number of aryl methyl sites for hydroxylation is 1. The van der Waals surface area contributed by atoms with Crippen molar-refractivity contribution in [2.45, 2.75) is 50.7 Å². The van der Waals surface area contributed by atoms with Crippen molar-refractivity contribution in [2.24, 2.45) is 5.92 Å². The zero-order valence-corrected chi connectivity index (χ0v) is 18.4. The van der Waals surface area contributed by atoms with Crippen molar-refractivity contribution in [3.8, 4) is 0 Å². The lowest BCUT2D eigenvalue weighted by Gasteiger charge is -2.48. The van der Waals surface area contributed by atoms with Gasteiger partial charge in [0.2, 0.25) is 5.91 Å². The highest BCUT2D eigenvalue weighted by Gasteiger charge is 2.54. The summed E-state index contributed by atoms with van der Waals surface area (Å²) in [6.45, 7) is 4.03. The van der Waals surface area contributed by atoms with Gasteiger partial charge in [-0.3, -0.25) is 4.79 Å². The van der Waals surface area contributed by atoms with Gasteiger partial charge in [-0.1, -0.05) is 19.1 Å². The number of amides is 1. The van der Waals surface area contributed by atoms with Crippen molar-refractivity contribution in [3.63, 3.8) is 0 Å². The van der Waals surface area contributed by atoms with E-state index in [0.29, 0.717) is 18.4 Å². The molecule has 2 aromatic carbocycles. The van der Waals surface area contributed by atoms with Gasteiger partial charge in [0.05, 0.1) is 11.7 Å². The van der Waals surface area contributed by atoms with Crippen LogP contribution in [0.4, 0.5) is 18.9 Å². The Morgan fingerprint density at radius 1 is 1.18 bits per heavy atom. The summed E-state index contributed by atoms with van der Waals surface area (Å²) in [4.78, 5) is 16.6.